The van der Waals surface area contributed by atoms with Crippen molar-refractivity contribution < 1.29 is 0 Å². The summed E-state index contributed by atoms with van der Waals surface area (Å²) in [7, 11) is 0. The lowest BCUT2D eigenvalue weighted by atomic mass is 9.64. The summed E-state index contributed by atoms with van der Waals surface area (Å²) in [6.07, 6.45) is 6.72. The Morgan fingerprint density at radius 2 is 1.94 bits per heavy atom. The van der Waals surface area contributed by atoms with Crippen molar-refractivity contribution in [2.75, 3.05) is 13.1 Å². The molecule has 0 amide bonds. The molecule has 0 bridgehead atoms. The van der Waals surface area contributed by atoms with Crippen LogP contribution in [0.25, 0.3) is 0 Å². The molecule has 2 aliphatic carbocycles. The van der Waals surface area contributed by atoms with Crippen molar-refractivity contribution in [1.82, 2.24) is 5.32 Å². The minimum atomic E-state index is 0.199. The molecule has 2 nitrogen and oxygen atoms in total. The van der Waals surface area contributed by atoms with Crippen LogP contribution in [0.4, 0.5) is 0 Å². The van der Waals surface area contributed by atoms with Crippen LogP contribution in [0.3, 0.4) is 0 Å². The Balaban J connectivity index is 1.95. The molecule has 3 N–H and O–H groups in total. The third-order valence-corrected chi connectivity index (χ3v) is 5.07. The smallest absolute Gasteiger partial charge is 0.0311 e. The highest BCUT2D eigenvalue weighted by Gasteiger charge is 2.42. The summed E-state index contributed by atoms with van der Waals surface area (Å²) in [5, 5.41) is 3.87. The van der Waals surface area contributed by atoms with Crippen molar-refractivity contribution in [3.63, 3.8) is 0 Å². The first-order valence-electron chi connectivity index (χ1n) is 7.81. The zero-order chi connectivity index (χ0) is 13.4. The maximum absolute atomic E-state index is 6.14. The van der Waals surface area contributed by atoms with Crippen LogP contribution < -0.4 is 11.1 Å². The van der Waals surface area contributed by atoms with Crippen LogP contribution in [-0.4, -0.2) is 18.6 Å². The molecule has 2 saturated carbocycles. The van der Waals surface area contributed by atoms with E-state index in [0.29, 0.717) is 5.41 Å². The third-order valence-electron chi connectivity index (χ3n) is 5.07. The summed E-state index contributed by atoms with van der Waals surface area (Å²) in [5.74, 6) is 2.61. The quantitative estimate of drug-likeness (QED) is 0.789. The van der Waals surface area contributed by atoms with Crippen molar-refractivity contribution in [1.29, 1.82) is 0 Å². The molecular weight excluding hydrogens is 220 g/mol. The lowest BCUT2D eigenvalue weighted by Gasteiger charge is -2.48. The van der Waals surface area contributed by atoms with Crippen LogP contribution in [0.2, 0.25) is 0 Å². The molecule has 2 aliphatic rings. The second-order valence-electron chi connectivity index (χ2n) is 8.03. The predicted octanol–water partition coefficient (Wildman–Crippen LogP) is 3.17. The van der Waals surface area contributed by atoms with E-state index < -0.39 is 0 Å². The SMILES string of the molecule is CC1CC(C)(C)CC(CN)(NCC(C)C2CC2)C1. The van der Waals surface area contributed by atoms with Gasteiger partial charge in [0.15, 0.2) is 0 Å². The fourth-order valence-corrected chi connectivity index (χ4v) is 4.31. The van der Waals surface area contributed by atoms with Gasteiger partial charge in [-0.15, -0.1) is 0 Å². The van der Waals surface area contributed by atoms with E-state index in [4.69, 9.17) is 5.73 Å². The van der Waals surface area contributed by atoms with Gasteiger partial charge in [-0.3, -0.25) is 0 Å². The molecule has 0 saturated heterocycles. The van der Waals surface area contributed by atoms with Crippen molar-refractivity contribution in [2.45, 2.75) is 65.3 Å². The summed E-state index contributed by atoms with van der Waals surface area (Å²) in [5.41, 5.74) is 6.77. The number of hydrogen-bond acceptors (Lipinski definition) is 2. The monoisotopic (exact) mass is 252 g/mol. The van der Waals surface area contributed by atoms with Crippen LogP contribution in [0.1, 0.15) is 59.8 Å². The van der Waals surface area contributed by atoms with E-state index in [0.717, 1.165) is 30.8 Å². The van der Waals surface area contributed by atoms with Gasteiger partial charge in [0, 0.05) is 12.1 Å². The highest BCUT2D eigenvalue weighted by Crippen LogP contribution is 2.44. The Kier molecular flexibility index (Phi) is 4.08. The van der Waals surface area contributed by atoms with Gasteiger partial charge in [0.1, 0.15) is 0 Å². The van der Waals surface area contributed by atoms with E-state index >= 15 is 0 Å². The predicted molar refractivity (Wildman–Crippen MR) is 78.5 cm³/mol. The van der Waals surface area contributed by atoms with Gasteiger partial charge in [0.05, 0.1) is 0 Å². The minimum Gasteiger partial charge on any atom is -0.329 e. The van der Waals surface area contributed by atoms with Crippen LogP contribution in [-0.2, 0) is 0 Å². The average molecular weight is 252 g/mol. The molecule has 18 heavy (non-hydrogen) atoms. The summed E-state index contributed by atoms with van der Waals surface area (Å²) in [4.78, 5) is 0. The van der Waals surface area contributed by atoms with Crippen LogP contribution in [0.5, 0.6) is 0 Å². The van der Waals surface area contributed by atoms with Crippen LogP contribution in [0, 0.1) is 23.2 Å². The molecule has 3 unspecified atom stereocenters. The summed E-state index contributed by atoms with van der Waals surface area (Å²) in [6, 6.07) is 0. The van der Waals surface area contributed by atoms with Crippen LogP contribution in [0.15, 0.2) is 0 Å². The van der Waals surface area contributed by atoms with Gasteiger partial charge in [-0.2, -0.15) is 0 Å². The second kappa shape index (κ2) is 5.13. The molecular formula is C16H32N2. The molecule has 106 valence electrons. The zero-order valence-electron chi connectivity index (χ0n) is 12.8. The van der Waals surface area contributed by atoms with Gasteiger partial charge in [0.25, 0.3) is 0 Å². The lowest BCUT2D eigenvalue weighted by molar-refractivity contribution is 0.0828. The normalized spacial score (nSPS) is 37.5. The zero-order valence-corrected chi connectivity index (χ0v) is 12.8. The standard InChI is InChI=1S/C16H32N2/c1-12-7-15(3,4)10-16(8-12,11-17)18-9-13(2)14-5-6-14/h12-14,18H,5-11,17H2,1-4H3. The molecule has 0 spiro atoms. The lowest BCUT2D eigenvalue weighted by Crippen LogP contribution is -2.58. The molecule has 0 heterocycles. The van der Waals surface area contributed by atoms with Crippen molar-refractivity contribution in [2.24, 2.45) is 28.9 Å². The fourth-order valence-electron chi connectivity index (χ4n) is 4.31. The average Bonchev–Trinajstić information content (AvgIpc) is 3.07. The molecule has 2 fully saturated rings. The molecule has 0 aromatic rings. The van der Waals surface area contributed by atoms with Crippen LogP contribution >= 0.6 is 0 Å². The third kappa shape index (κ3) is 3.48. The first-order chi connectivity index (χ1) is 8.36. The van der Waals surface area contributed by atoms with Crippen molar-refractivity contribution >= 4 is 0 Å². The maximum Gasteiger partial charge on any atom is 0.0311 e. The molecule has 2 rings (SSSR count). The topological polar surface area (TPSA) is 38.0 Å². The van der Waals surface area contributed by atoms with Gasteiger partial charge in [-0.1, -0.05) is 27.7 Å². The Morgan fingerprint density at radius 3 is 2.44 bits per heavy atom. The Morgan fingerprint density at radius 1 is 1.28 bits per heavy atom. The van der Waals surface area contributed by atoms with E-state index in [9.17, 15) is 0 Å². The van der Waals surface area contributed by atoms with Crippen molar-refractivity contribution in [3.8, 4) is 0 Å². The Hall–Kier alpha value is -0.0800. The maximum atomic E-state index is 6.14. The molecule has 0 aromatic heterocycles. The number of nitrogens with two attached hydrogens (primary N) is 1. The molecule has 0 radical (unpaired) electrons. The van der Waals surface area contributed by atoms with Gasteiger partial charge in [0.2, 0.25) is 0 Å². The van der Waals surface area contributed by atoms with E-state index in [-0.39, 0.29) is 5.54 Å². The van der Waals surface area contributed by atoms with Gasteiger partial charge >= 0.3 is 0 Å². The van der Waals surface area contributed by atoms with Crippen molar-refractivity contribution in [3.05, 3.63) is 0 Å². The first-order valence-corrected chi connectivity index (χ1v) is 7.81. The number of nitrogens with one attached hydrogen (secondary N) is 1. The van der Waals surface area contributed by atoms with Gasteiger partial charge < -0.3 is 11.1 Å². The Labute approximate surface area is 113 Å². The highest BCUT2D eigenvalue weighted by atomic mass is 15.0. The Bertz CT molecular complexity index is 283. The van der Waals surface area contributed by atoms with E-state index in [1.165, 1.54) is 32.1 Å². The van der Waals surface area contributed by atoms with E-state index in [1.54, 1.807) is 0 Å². The molecule has 0 aromatic carbocycles. The summed E-state index contributed by atoms with van der Waals surface area (Å²) < 4.78 is 0. The summed E-state index contributed by atoms with van der Waals surface area (Å²) in [6.45, 7) is 11.5. The largest absolute Gasteiger partial charge is 0.329 e. The van der Waals surface area contributed by atoms with Gasteiger partial charge in [-0.05, 0) is 61.8 Å². The first kappa shape index (κ1) is 14.3. The number of hydrogen-bond donors (Lipinski definition) is 2. The molecule has 2 heteroatoms. The highest BCUT2D eigenvalue weighted by molar-refractivity contribution is 5.00. The second-order valence-corrected chi connectivity index (χ2v) is 8.03. The van der Waals surface area contributed by atoms with E-state index in [2.05, 4.69) is 33.0 Å². The summed E-state index contributed by atoms with van der Waals surface area (Å²) >= 11 is 0. The minimum absolute atomic E-state index is 0.199. The fraction of sp³-hybridized carbons (Fsp3) is 1.00. The van der Waals surface area contributed by atoms with E-state index in [1.807, 2.05) is 0 Å². The van der Waals surface area contributed by atoms with Gasteiger partial charge in [-0.25, -0.2) is 0 Å². The molecule has 3 atom stereocenters. The number of rotatable bonds is 5. The molecule has 0 aliphatic heterocycles.